The highest BCUT2D eigenvalue weighted by Crippen LogP contribution is 2.25. The molecule has 1 saturated carbocycles. The Morgan fingerprint density at radius 1 is 0.700 bits per heavy atom. The Bertz CT molecular complexity index is 114. The van der Waals surface area contributed by atoms with Crippen molar-refractivity contribution in [3.05, 3.63) is 0 Å². The standard InChI is InChI=1S/C6H16N4/c7-5(8)3-1-2-4-6(5,9)10/h1-4,7-10H2. The maximum Gasteiger partial charge on any atom is 0.0955 e. The minimum absolute atomic E-state index is 0.722. The molecule has 0 saturated heterocycles. The molecular formula is C6H16N4. The highest BCUT2D eigenvalue weighted by atomic mass is 15.1. The molecule has 4 nitrogen and oxygen atoms in total. The summed E-state index contributed by atoms with van der Waals surface area (Å²) >= 11 is 0. The van der Waals surface area contributed by atoms with E-state index >= 15 is 0 Å². The van der Waals surface area contributed by atoms with Gasteiger partial charge in [0.05, 0.1) is 11.3 Å². The van der Waals surface area contributed by atoms with Crippen LogP contribution in [0.3, 0.4) is 0 Å². The van der Waals surface area contributed by atoms with Crippen LogP contribution in [0.15, 0.2) is 0 Å². The highest BCUT2D eigenvalue weighted by Gasteiger charge is 2.41. The first-order valence-corrected chi connectivity index (χ1v) is 3.61. The quantitative estimate of drug-likeness (QED) is 0.320. The third-order valence-electron chi connectivity index (χ3n) is 2.30. The normalized spacial score (nSPS) is 30.0. The summed E-state index contributed by atoms with van der Waals surface area (Å²) in [5, 5.41) is 0. The predicted octanol–water partition coefficient (Wildman–Crippen LogP) is -1.21. The van der Waals surface area contributed by atoms with Crippen molar-refractivity contribution in [2.75, 3.05) is 0 Å². The van der Waals surface area contributed by atoms with E-state index in [1.54, 1.807) is 0 Å². The van der Waals surface area contributed by atoms with Crippen molar-refractivity contribution in [3.8, 4) is 0 Å². The van der Waals surface area contributed by atoms with Gasteiger partial charge in [-0.2, -0.15) is 0 Å². The molecule has 1 aliphatic carbocycles. The van der Waals surface area contributed by atoms with Gasteiger partial charge >= 0.3 is 0 Å². The lowest BCUT2D eigenvalue weighted by atomic mass is 9.81. The van der Waals surface area contributed by atoms with Crippen LogP contribution in [-0.2, 0) is 0 Å². The van der Waals surface area contributed by atoms with Crippen molar-refractivity contribution in [1.29, 1.82) is 0 Å². The van der Waals surface area contributed by atoms with Gasteiger partial charge in [0.25, 0.3) is 0 Å². The molecule has 0 amide bonds. The molecule has 0 spiro atoms. The van der Waals surface area contributed by atoms with Crippen LogP contribution >= 0.6 is 0 Å². The minimum Gasteiger partial charge on any atom is -0.311 e. The lowest BCUT2D eigenvalue weighted by Gasteiger charge is -2.43. The lowest BCUT2D eigenvalue weighted by Crippen LogP contribution is -2.77. The Labute approximate surface area is 60.9 Å². The molecule has 60 valence electrons. The summed E-state index contributed by atoms with van der Waals surface area (Å²) in [7, 11) is 0. The summed E-state index contributed by atoms with van der Waals surface area (Å²) in [6.07, 6.45) is 3.51. The Kier molecular flexibility index (Phi) is 1.72. The zero-order valence-electron chi connectivity index (χ0n) is 6.14. The van der Waals surface area contributed by atoms with E-state index in [2.05, 4.69) is 0 Å². The van der Waals surface area contributed by atoms with Crippen LogP contribution in [-0.4, -0.2) is 11.3 Å². The SMILES string of the molecule is NC1(N)CCCCC1(N)N. The van der Waals surface area contributed by atoms with Crippen LogP contribution in [0, 0.1) is 0 Å². The molecule has 0 atom stereocenters. The summed E-state index contributed by atoms with van der Waals surface area (Å²) < 4.78 is 0. The fourth-order valence-electron chi connectivity index (χ4n) is 1.30. The molecule has 1 rings (SSSR count). The van der Waals surface area contributed by atoms with Gasteiger partial charge < -0.3 is 22.9 Å². The van der Waals surface area contributed by atoms with E-state index in [4.69, 9.17) is 22.9 Å². The summed E-state index contributed by atoms with van der Waals surface area (Å²) in [6, 6.07) is 0. The van der Waals surface area contributed by atoms with E-state index in [1.165, 1.54) is 0 Å². The number of hydrogen-bond donors (Lipinski definition) is 4. The molecule has 8 N–H and O–H groups in total. The van der Waals surface area contributed by atoms with Gasteiger partial charge in [-0.3, -0.25) is 0 Å². The van der Waals surface area contributed by atoms with E-state index in [0.717, 1.165) is 25.7 Å². The zero-order valence-corrected chi connectivity index (χ0v) is 6.14. The van der Waals surface area contributed by atoms with Crippen molar-refractivity contribution in [1.82, 2.24) is 0 Å². The molecule has 1 fully saturated rings. The Morgan fingerprint density at radius 2 is 1.00 bits per heavy atom. The maximum atomic E-state index is 5.68. The molecular weight excluding hydrogens is 128 g/mol. The summed E-state index contributed by atoms with van der Waals surface area (Å²) in [5.74, 6) is 0. The molecule has 10 heavy (non-hydrogen) atoms. The fraction of sp³-hybridized carbons (Fsp3) is 1.00. The molecule has 0 aromatic carbocycles. The molecule has 0 aliphatic heterocycles. The molecule has 0 radical (unpaired) electrons. The van der Waals surface area contributed by atoms with Crippen molar-refractivity contribution in [2.24, 2.45) is 22.9 Å². The van der Waals surface area contributed by atoms with Crippen LogP contribution < -0.4 is 22.9 Å². The second-order valence-electron chi connectivity index (χ2n) is 3.29. The van der Waals surface area contributed by atoms with Gasteiger partial charge in [0.1, 0.15) is 0 Å². The molecule has 0 aromatic rings. The van der Waals surface area contributed by atoms with Gasteiger partial charge in [0.15, 0.2) is 0 Å². The first kappa shape index (κ1) is 7.94. The minimum atomic E-state index is -0.870. The number of nitrogens with two attached hydrogens (primary N) is 4. The van der Waals surface area contributed by atoms with Crippen LogP contribution in [0.4, 0.5) is 0 Å². The topological polar surface area (TPSA) is 104 Å². The highest BCUT2D eigenvalue weighted by molar-refractivity contribution is 5.01. The molecule has 0 bridgehead atoms. The lowest BCUT2D eigenvalue weighted by molar-refractivity contribution is 0.158. The van der Waals surface area contributed by atoms with Crippen LogP contribution in [0.25, 0.3) is 0 Å². The zero-order chi connectivity index (χ0) is 7.83. The second kappa shape index (κ2) is 2.17. The van der Waals surface area contributed by atoms with Crippen LogP contribution in [0.1, 0.15) is 25.7 Å². The molecule has 0 aromatic heterocycles. The number of rotatable bonds is 0. The van der Waals surface area contributed by atoms with Gasteiger partial charge in [-0.1, -0.05) is 12.8 Å². The molecule has 0 heterocycles. The Hall–Kier alpha value is -0.160. The molecule has 0 unspecified atom stereocenters. The average Bonchev–Trinajstić information content (AvgIpc) is 1.77. The summed E-state index contributed by atoms with van der Waals surface area (Å²) in [5.41, 5.74) is 21.0. The predicted molar refractivity (Wildman–Crippen MR) is 40.7 cm³/mol. The molecule has 1 aliphatic rings. The van der Waals surface area contributed by atoms with Gasteiger partial charge in [-0.25, -0.2) is 0 Å². The Morgan fingerprint density at radius 3 is 1.20 bits per heavy atom. The van der Waals surface area contributed by atoms with Crippen LogP contribution in [0.5, 0.6) is 0 Å². The van der Waals surface area contributed by atoms with Crippen molar-refractivity contribution >= 4 is 0 Å². The smallest absolute Gasteiger partial charge is 0.0955 e. The molecule has 4 heteroatoms. The van der Waals surface area contributed by atoms with E-state index < -0.39 is 11.3 Å². The number of hydrogen-bond acceptors (Lipinski definition) is 4. The summed E-state index contributed by atoms with van der Waals surface area (Å²) in [6.45, 7) is 0. The summed E-state index contributed by atoms with van der Waals surface area (Å²) in [4.78, 5) is 0. The third kappa shape index (κ3) is 1.15. The third-order valence-corrected chi connectivity index (χ3v) is 2.30. The largest absolute Gasteiger partial charge is 0.311 e. The first-order chi connectivity index (χ1) is 4.46. The fourth-order valence-corrected chi connectivity index (χ4v) is 1.30. The average molecular weight is 144 g/mol. The monoisotopic (exact) mass is 144 g/mol. The van der Waals surface area contributed by atoms with Crippen molar-refractivity contribution in [3.63, 3.8) is 0 Å². The maximum absolute atomic E-state index is 5.68. The van der Waals surface area contributed by atoms with Crippen LogP contribution in [0.2, 0.25) is 0 Å². The van der Waals surface area contributed by atoms with E-state index in [-0.39, 0.29) is 0 Å². The van der Waals surface area contributed by atoms with E-state index in [1.807, 2.05) is 0 Å². The van der Waals surface area contributed by atoms with Gasteiger partial charge in [0.2, 0.25) is 0 Å². The Balaban J connectivity index is 2.70. The van der Waals surface area contributed by atoms with E-state index in [0.29, 0.717) is 0 Å². The van der Waals surface area contributed by atoms with Gasteiger partial charge in [-0.05, 0) is 12.8 Å². The first-order valence-electron chi connectivity index (χ1n) is 3.61. The second-order valence-corrected chi connectivity index (χ2v) is 3.29. The van der Waals surface area contributed by atoms with Crippen molar-refractivity contribution < 1.29 is 0 Å². The van der Waals surface area contributed by atoms with Crippen molar-refractivity contribution in [2.45, 2.75) is 37.0 Å². The van der Waals surface area contributed by atoms with E-state index in [9.17, 15) is 0 Å². The van der Waals surface area contributed by atoms with Gasteiger partial charge in [0, 0.05) is 0 Å². The van der Waals surface area contributed by atoms with Gasteiger partial charge in [-0.15, -0.1) is 0 Å².